The number of anilines is 1. The van der Waals surface area contributed by atoms with Crippen LogP contribution >= 0.6 is 0 Å². The first kappa shape index (κ1) is 21.8. The molecule has 1 N–H and O–H groups in total. The summed E-state index contributed by atoms with van der Waals surface area (Å²) in [6, 6.07) is 6.44. The second-order valence-electron chi connectivity index (χ2n) is 8.79. The van der Waals surface area contributed by atoms with Gasteiger partial charge >= 0.3 is 0 Å². The molecule has 0 aromatic heterocycles. The highest BCUT2D eigenvalue weighted by atomic mass is 16.1. The second kappa shape index (κ2) is 10.8. The SMILES string of the molecule is CNC(=O)CCC(C=O)c1ccc(N2CCN(CC3CCCCC3)CC2)cc1C. The highest BCUT2D eigenvalue weighted by Gasteiger charge is 2.22. The number of nitrogens with one attached hydrogen (secondary N) is 1. The number of aryl methyl sites for hydroxylation is 1. The highest BCUT2D eigenvalue weighted by Crippen LogP contribution is 2.28. The number of amides is 1. The Labute approximate surface area is 175 Å². The fourth-order valence-electron chi connectivity index (χ4n) is 4.90. The largest absolute Gasteiger partial charge is 0.369 e. The predicted octanol–water partition coefficient (Wildman–Crippen LogP) is 3.51. The highest BCUT2D eigenvalue weighted by molar-refractivity contribution is 5.76. The van der Waals surface area contributed by atoms with Crippen LogP contribution in [0.15, 0.2) is 18.2 Å². The molecule has 1 saturated carbocycles. The summed E-state index contributed by atoms with van der Waals surface area (Å²) in [5.74, 6) is 0.679. The summed E-state index contributed by atoms with van der Waals surface area (Å²) in [4.78, 5) is 28.2. The van der Waals surface area contributed by atoms with Gasteiger partial charge in [-0.05, 0) is 55.4 Å². The molecule has 0 bridgehead atoms. The van der Waals surface area contributed by atoms with Gasteiger partial charge in [0.05, 0.1) is 0 Å². The first-order chi connectivity index (χ1) is 14.1. The van der Waals surface area contributed by atoms with Crippen molar-refractivity contribution < 1.29 is 9.59 Å². The third kappa shape index (κ3) is 6.05. The lowest BCUT2D eigenvalue weighted by Crippen LogP contribution is -2.48. The molecule has 160 valence electrons. The van der Waals surface area contributed by atoms with E-state index in [2.05, 4.69) is 40.2 Å². The van der Waals surface area contributed by atoms with Gasteiger partial charge in [-0.25, -0.2) is 0 Å². The Bertz CT molecular complexity index is 677. The molecule has 1 atom stereocenters. The van der Waals surface area contributed by atoms with Crippen LogP contribution in [0.25, 0.3) is 0 Å². The number of aldehydes is 1. The Balaban J connectivity index is 1.54. The topological polar surface area (TPSA) is 52.7 Å². The van der Waals surface area contributed by atoms with E-state index >= 15 is 0 Å². The van der Waals surface area contributed by atoms with Crippen molar-refractivity contribution in [3.8, 4) is 0 Å². The Morgan fingerprint density at radius 2 is 1.90 bits per heavy atom. The molecule has 2 fully saturated rings. The van der Waals surface area contributed by atoms with E-state index in [0.717, 1.165) is 49.5 Å². The molecule has 0 radical (unpaired) electrons. The van der Waals surface area contributed by atoms with Crippen LogP contribution in [0.1, 0.15) is 62.0 Å². The Hall–Kier alpha value is -1.88. The minimum Gasteiger partial charge on any atom is -0.369 e. The van der Waals surface area contributed by atoms with Gasteiger partial charge in [0, 0.05) is 57.8 Å². The summed E-state index contributed by atoms with van der Waals surface area (Å²) < 4.78 is 0. The van der Waals surface area contributed by atoms with Crippen molar-refractivity contribution in [2.24, 2.45) is 5.92 Å². The van der Waals surface area contributed by atoms with E-state index in [1.807, 2.05) is 0 Å². The maximum atomic E-state index is 11.6. The minimum absolute atomic E-state index is 0.0165. The van der Waals surface area contributed by atoms with Crippen molar-refractivity contribution in [1.29, 1.82) is 0 Å². The van der Waals surface area contributed by atoms with E-state index in [9.17, 15) is 9.59 Å². The second-order valence-corrected chi connectivity index (χ2v) is 8.79. The monoisotopic (exact) mass is 399 g/mol. The Kier molecular flexibility index (Phi) is 8.10. The third-order valence-electron chi connectivity index (χ3n) is 6.76. The number of carbonyl (C=O) groups excluding carboxylic acids is 2. The standard InChI is InChI=1S/C24H37N3O2/c1-19-16-22(9-10-23(19)21(18-28)8-11-24(29)25-2)27-14-12-26(13-15-27)17-20-6-4-3-5-7-20/h9-10,16,18,20-21H,3-8,11-15,17H2,1-2H3,(H,25,29). The minimum atomic E-state index is -0.214. The fraction of sp³-hybridized carbons (Fsp3) is 0.667. The van der Waals surface area contributed by atoms with Crippen LogP contribution in [-0.4, -0.2) is 56.9 Å². The Morgan fingerprint density at radius 3 is 2.52 bits per heavy atom. The van der Waals surface area contributed by atoms with Crippen molar-refractivity contribution >= 4 is 17.9 Å². The summed E-state index contributed by atoms with van der Waals surface area (Å²) in [7, 11) is 1.63. The molecule has 5 heteroatoms. The molecule has 2 aliphatic rings. The predicted molar refractivity (Wildman–Crippen MR) is 119 cm³/mol. The number of piperazine rings is 1. The van der Waals surface area contributed by atoms with Crippen LogP contribution < -0.4 is 10.2 Å². The molecule has 1 aromatic carbocycles. The summed E-state index contributed by atoms with van der Waals surface area (Å²) in [5, 5.41) is 2.63. The molecule has 1 amide bonds. The van der Waals surface area contributed by atoms with Crippen molar-refractivity contribution in [3.63, 3.8) is 0 Å². The number of nitrogens with zero attached hydrogens (tertiary/aromatic N) is 2. The quantitative estimate of drug-likeness (QED) is 0.680. The van der Waals surface area contributed by atoms with E-state index < -0.39 is 0 Å². The molecular weight excluding hydrogens is 362 g/mol. The van der Waals surface area contributed by atoms with E-state index in [1.165, 1.54) is 44.3 Å². The lowest BCUT2D eigenvalue weighted by Gasteiger charge is -2.38. The van der Waals surface area contributed by atoms with Crippen LogP contribution in [0.3, 0.4) is 0 Å². The van der Waals surface area contributed by atoms with Gasteiger partial charge in [-0.2, -0.15) is 0 Å². The lowest BCUT2D eigenvalue weighted by atomic mass is 9.89. The van der Waals surface area contributed by atoms with Gasteiger partial charge in [-0.3, -0.25) is 9.69 Å². The van der Waals surface area contributed by atoms with Crippen molar-refractivity contribution in [2.75, 3.05) is 44.7 Å². The van der Waals surface area contributed by atoms with Crippen LogP contribution in [0.5, 0.6) is 0 Å². The number of carbonyl (C=O) groups is 2. The van der Waals surface area contributed by atoms with Gasteiger partial charge in [-0.15, -0.1) is 0 Å². The molecular formula is C24H37N3O2. The van der Waals surface area contributed by atoms with Gasteiger partial charge in [0.1, 0.15) is 6.29 Å². The summed E-state index contributed by atoms with van der Waals surface area (Å²) in [6.07, 6.45) is 9.01. The van der Waals surface area contributed by atoms with E-state index in [-0.39, 0.29) is 11.8 Å². The maximum absolute atomic E-state index is 11.6. The van der Waals surface area contributed by atoms with Gasteiger partial charge in [0.25, 0.3) is 0 Å². The molecule has 1 unspecified atom stereocenters. The summed E-state index contributed by atoms with van der Waals surface area (Å²) in [5.41, 5.74) is 3.43. The smallest absolute Gasteiger partial charge is 0.219 e. The zero-order valence-corrected chi connectivity index (χ0v) is 18.2. The van der Waals surface area contributed by atoms with Gasteiger partial charge < -0.3 is 15.0 Å². The lowest BCUT2D eigenvalue weighted by molar-refractivity contribution is -0.120. The van der Waals surface area contributed by atoms with Gasteiger partial charge in [0.15, 0.2) is 0 Å². The molecule has 1 aliphatic carbocycles. The number of hydrogen-bond acceptors (Lipinski definition) is 4. The van der Waals surface area contributed by atoms with E-state index in [1.54, 1.807) is 7.05 Å². The van der Waals surface area contributed by atoms with Crippen molar-refractivity contribution in [3.05, 3.63) is 29.3 Å². The summed E-state index contributed by atoms with van der Waals surface area (Å²) in [6.45, 7) is 7.77. The van der Waals surface area contributed by atoms with Gasteiger partial charge in [-0.1, -0.05) is 25.3 Å². The third-order valence-corrected chi connectivity index (χ3v) is 6.76. The molecule has 0 spiro atoms. The van der Waals surface area contributed by atoms with E-state index in [0.29, 0.717) is 12.8 Å². The molecule has 5 nitrogen and oxygen atoms in total. The van der Waals surface area contributed by atoms with Gasteiger partial charge in [0.2, 0.25) is 5.91 Å². The zero-order chi connectivity index (χ0) is 20.6. The summed E-state index contributed by atoms with van der Waals surface area (Å²) >= 11 is 0. The van der Waals surface area contributed by atoms with Crippen LogP contribution in [0.4, 0.5) is 5.69 Å². The average molecular weight is 400 g/mol. The fourth-order valence-corrected chi connectivity index (χ4v) is 4.90. The number of rotatable bonds is 8. The normalized spacial score (nSPS) is 19.7. The van der Waals surface area contributed by atoms with Crippen molar-refractivity contribution in [2.45, 2.75) is 57.8 Å². The first-order valence-corrected chi connectivity index (χ1v) is 11.3. The van der Waals surface area contributed by atoms with Crippen LogP contribution in [-0.2, 0) is 9.59 Å². The number of benzene rings is 1. The molecule has 1 aliphatic heterocycles. The van der Waals surface area contributed by atoms with Crippen LogP contribution in [0, 0.1) is 12.8 Å². The van der Waals surface area contributed by atoms with Crippen LogP contribution in [0.2, 0.25) is 0 Å². The number of hydrogen-bond donors (Lipinski definition) is 1. The molecule has 1 aromatic rings. The molecule has 1 saturated heterocycles. The maximum Gasteiger partial charge on any atom is 0.219 e. The van der Waals surface area contributed by atoms with E-state index in [4.69, 9.17) is 0 Å². The average Bonchev–Trinajstić information content (AvgIpc) is 2.76. The molecule has 29 heavy (non-hydrogen) atoms. The molecule has 1 heterocycles. The van der Waals surface area contributed by atoms with Crippen molar-refractivity contribution in [1.82, 2.24) is 10.2 Å². The Morgan fingerprint density at radius 1 is 1.17 bits per heavy atom. The first-order valence-electron chi connectivity index (χ1n) is 11.3. The molecule has 3 rings (SSSR count). The zero-order valence-electron chi connectivity index (χ0n) is 18.2.